The van der Waals surface area contributed by atoms with Crippen LogP contribution in [0.2, 0.25) is 0 Å². The highest BCUT2D eigenvalue weighted by Crippen LogP contribution is 2.34. The molecule has 8 heterocycles. The summed E-state index contributed by atoms with van der Waals surface area (Å²) < 4.78 is 8.74. The van der Waals surface area contributed by atoms with Gasteiger partial charge < -0.3 is 0 Å². The molecule has 0 spiro atoms. The monoisotopic (exact) mass is 1210 g/mol. The van der Waals surface area contributed by atoms with Gasteiger partial charge in [0.15, 0.2) is 24.8 Å². The lowest BCUT2D eigenvalue weighted by atomic mass is 10.0. The summed E-state index contributed by atoms with van der Waals surface area (Å²) in [6.07, 6.45) is 16.8. The molecule has 1 fully saturated rings. The third-order valence-corrected chi connectivity index (χ3v) is 17.4. The van der Waals surface area contributed by atoms with Crippen molar-refractivity contribution in [2.75, 3.05) is 0 Å². The predicted octanol–water partition coefficient (Wildman–Crippen LogP) is 18.2. The van der Waals surface area contributed by atoms with E-state index in [4.69, 9.17) is 15.0 Å². The molecule has 0 aliphatic heterocycles. The second kappa shape index (κ2) is 30.7. The summed E-state index contributed by atoms with van der Waals surface area (Å²) in [6.45, 7) is 17.4. The van der Waals surface area contributed by atoms with Gasteiger partial charge in [0, 0.05) is 75.7 Å². The molecule has 13 rings (SSSR count). The van der Waals surface area contributed by atoms with E-state index in [1.54, 1.807) is 0 Å². The highest BCUT2D eigenvalue weighted by molar-refractivity contribution is 5.68. The zero-order chi connectivity index (χ0) is 64.7. The SMILES string of the molecule is Cc1ccccc1-c1ccc(-c2cccc(C(C)C)n2)c[n+]1C.Cc1ccccc1-c1ccc(-c2cccc(C3CCCC3)n2)c[n+]1C.Cc1ccccc1-c1ccc(-c2cccc(CC(C)C)n2)c[n+]1C.Cc1ccccc1-c1ccc(-c2ccccn2)c[n+]1C. The largest absolute Gasteiger partial charge is 0.256 e. The van der Waals surface area contributed by atoms with Crippen molar-refractivity contribution < 1.29 is 18.3 Å². The van der Waals surface area contributed by atoms with Crippen molar-refractivity contribution in [2.45, 2.75) is 99.3 Å². The lowest BCUT2D eigenvalue weighted by Gasteiger charge is -2.10. The fourth-order valence-electron chi connectivity index (χ4n) is 12.3. The smallest absolute Gasteiger partial charge is 0.212 e. The van der Waals surface area contributed by atoms with Crippen LogP contribution in [0.25, 0.3) is 90.1 Å². The highest BCUT2D eigenvalue weighted by atomic mass is 14.9. The molecule has 12 aromatic rings. The summed E-state index contributed by atoms with van der Waals surface area (Å²) in [5.41, 5.74) is 27.4. The van der Waals surface area contributed by atoms with Gasteiger partial charge in [-0.25, -0.2) is 18.3 Å². The van der Waals surface area contributed by atoms with Crippen molar-refractivity contribution in [3.63, 3.8) is 0 Å². The molecule has 0 atom stereocenters. The minimum Gasteiger partial charge on any atom is -0.256 e. The first kappa shape index (κ1) is 65.0. The van der Waals surface area contributed by atoms with Gasteiger partial charge in [0.1, 0.15) is 28.2 Å². The second-order valence-corrected chi connectivity index (χ2v) is 25.3. The fraction of sp³-hybridized carbons (Fsp3) is 0.238. The predicted molar refractivity (Wildman–Crippen MR) is 378 cm³/mol. The molecule has 462 valence electrons. The van der Waals surface area contributed by atoms with Crippen LogP contribution >= 0.6 is 0 Å². The number of pyridine rings is 8. The number of aryl methyl sites for hydroxylation is 8. The van der Waals surface area contributed by atoms with Crippen LogP contribution < -0.4 is 18.3 Å². The summed E-state index contributed by atoms with van der Waals surface area (Å²) >= 11 is 0. The van der Waals surface area contributed by atoms with Crippen LogP contribution in [-0.4, -0.2) is 19.9 Å². The molecule has 1 aliphatic rings. The number of aromatic nitrogens is 8. The summed E-state index contributed by atoms with van der Waals surface area (Å²) in [5.74, 6) is 1.71. The quantitative estimate of drug-likeness (QED) is 0.114. The van der Waals surface area contributed by atoms with E-state index in [0.717, 1.165) is 57.3 Å². The third kappa shape index (κ3) is 16.3. The van der Waals surface area contributed by atoms with Gasteiger partial charge in [-0.3, -0.25) is 19.9 Å². The van der Waals surface area contributed by atoms with Crippen LogP contribution in [0.1, 0.15) is 105 Å². The Morgan fingerprint density at radius 2 is 0.717 bits per heavy atom. The Kier molecular flexibility index (Phi) is 21.7. The molecule has 0 saturated heterocycles. The summed E-state index contributed by atoms with van der Waals surface area (Å²) in [6, 6.07) is 76.4. The average Bonchev–Trinajstić information content (AvgIpc) is 1.07. The summed E-state index contributed by atoms with van der Waals surface area (Å²) in [7, 11) is 8.39. The van der Waals surface area contributed by atoms with Crippen molar-refractivity contribution in [3.05, 3.63) is 289 Å². The van der Waals surface area contributed by atoms with Crippen LogP contribution in [0.15, 0.2) is 249 Å². The van der Waals surface area contributed by atoms with Crippen molar-refractivity contribution >= 4 is 0 Å². The number of nitrogens with zero attached hydrogens (tertiary/aromatic N) is 8. The van der Waals surface area contributed by atoms with Gasteiger partial charge in [0.25, 0.3) is 0 Å². The third-order valence-electron chi connectivity index (χ3n) is 17.4. The minimum atomic E-state index is 0.440. The molecule has 8 nitrogen and oxygen atoms in total. The number of hydrogen-bond donors (Lipinski definition) is 0. The van der Waals surface area contributed by atoms with Crippen molar-refractivity contribution in [1.82, 2.24) is 19.9 Å². The first-order valence-electron chi connectivity index (χ1n) is 32.6. The Bertz CT molecular complexity index is 4450. The first-order chi connectivity index (χ1) is 44.6. The molecule has 1 aliphatic carbocycles. The maximum absolute atomic E-state index is 4.97. The minimum absolute atomic E-state index is 0.440. The number of benzene rings is 4. The lowest BCUT2D eigenvalue weighted by Crippen LogP contribution is -2.30. The summed E-state index contributed by atoms with van der Waals surface area (Å²) in [5, 5.41) is 0. The van der Waals surface area contributed by atoms with Crippen molar-refractivity contribution in [3.8, 4) is 90.1 Å². The van der Waals surface area contributed by atoms with E-state index < -0.39 is 0 Å². The Morgan fingerprint density at radius 1 is 0.359 bits per heavy atom. The molecule has 8 aromatic heterocycles. The molecular weight excluding hydrogens is 1120 g/mol. The zero-order valence-corrected chi connectivity index (χ0v) is 56.0. The molecule has 0 amide bonds. The van der Waals surface area contributed by atoms with Gasteiger partial charge >= 0.3 is 0 Å². The highest BCUT2D eigenvalue weighted by Gasteiger charge is 2.21. The van der Waals surface area contributed by atoms with Gasteiger partial charge in [-0.05, 0) is 178 Å². The maximum atomic E-state index is 4.97. The molecule has 1 saturated carbocycles. The average molecular weight is 1210 g/mol. The zero-order valence-electron chi connectivity index (χ0n) is 56.0. The first-order valence-corrected chi connectivity index (χ1v) is 32.6. The number of rotatable bonds is 12. The molecular formula is C84H90N8+4. The van der Waals surface area contributed by atoms with Crippen LogP contribution in [0, 0.1) is 33.6 Å². The summed E-state index contributed by atoms with van der Waals surface area (Å²) in [4.78, 5) is 19.0. The molecule has 4 aromatic carbocycles. The van der Waals surface area contributed by atoms with Crippen LogP contribution in [-0.2, 0) is 34.6 Å². The van der Waals surface area contributed by atoms with E-state index >= 15 is 0 Å². The van der Waals surface area contributed by atoms with Crippen LogP contribution in [0.5, 0.6) is 0 Å². The van der Waals surface area contributed by atoms with E-state index in [1.807, 2.05) is 24.4 Å². The van der Waals surface area contributed by atoms with E-state index in [2.05, 4.69) is 332 Å². The van der Waals surface area contributed by atoms with Gasteiger partial charge in [-0.1, -0.05) is 138 Å². The van der Waals surface area contributed by atoms with Gasteiger partial charge in [0.05, 0.1) is 45.0 Å². The van der Waals surface area contributed by atoms with Crippen LogP contribution in [0.4, 0.5) is 0 Å². The molecule has 92 heavy (non-hydrogen) atoms. The van der Waals surface area contributed by atoms with Crippen molar-refractivity contribution in [1.29, 1.82) is 0 Å². The van der Waals surface area contributed by atoms with Gasteiger partial charge in [-0.2, -0.15) is 0 Å². The number of hydrogen-bond acceptors (Lipinski definition) is 4. The van der Waals surface area contributed by atoms with Gasteiger partial charge in [0.2, 0.25) is 22.8 Å². The van der Waals surface area contributed by atoms with Gasteiger partial charge in [-0.15, -0.1) is 0 Å². The molecule has 0 unspecified atom stereocenters. The van der Waals surface area contributed by atoms with Crippen molar-refractivity contribution in [2.24, 2.45) is 34.1 Å². The van der Waals surface area contributed by atoms with Crippen LogP contribution in [0.3, 0.4) is 0 Å². The topological polar surface area (TPSA) is 67.1 Å². The normalized spacial score (nSPS) is 11.9. The Labute approximate surface area is 547 Å². The van der Waals surface area contributed by atoms with E-state index in [1.165, 1.54) is 104 Å². The Balaban J connectivity index is 0.000000135. The van der Waals surface area contributed by atoms with E-state index in [-0.39, 0.29) is 0 Å². The Morgan fingerprint density at radius 3 is 1.10 bits per heavy atom. The Hall–Kier alpha value is -9.92. The van der Waals surface area contributed by atoms with E-state index in [9.17, 15) is 0 Å². The lowest BCUT2D eigenvalue weighted by molar-refractivity contribution is -0.660. The molecule has 0 N–H and O–H groups in total. The molecule has 8 heteroatoms. The fourth-order valence-corrected chi connectivity index (χ4v) is 12.3. The maximum Gasteiger partial charge on any atom is 0.212 e. The standard InChI is InChI=1S/C23H25N2.C22H25N2.C21H23N2.C18H17N2/c1-17-8-3-6-11-20(17)23-15-14-19(16-25(23)2)22-13-7-12-21(24-22)18-9-4-5-10-18;1-16(2)14-19-9-7-11-21(23-19)18-12-13-22(24(4)15-18)20-10-6-5-8-17(20)3;1-15(2)19-10-7-11-20(22-19)17-12-13-21(23(4)14-17)18-9-6-5-8-16(18)3;1-14-7-3-4-8-16(14)18-11-10-15(13-20(18)2)17-9-5-6-12-19-17/h3,6-8,11-16,18H,4-5,9-10H2,1-2H3;5-13,15-16H,14H2,1-4H3;5-15H,1-4H3;3-13H,1-2H3/q4*+1. The second-order valence-electron chi connectivity index (χ2n) is 25.3. The molecule has 0 bridgehead atoms. The van der Waals surface area contributed by atoms with E-state index in [0.29, 0.717) is 17.8 Å². The molecule has 0 radical (unpaired) electrons.